The first-order chi connectivity index (χ1) is 13.2. The van der Waals surface area contributed by atoms with Crippen LogP contribution in [0.2, 0.25) is 0 Å². The number of nitrogens with zero attached hydrogens (tertiary/aromatic N) is 6. The van der Waals surface area contributed by atoms with Crippen LogP contribution in [0.1, 0.15) is 16.2 Å². The average molecular weight is 364 g/mol. The maximum absolute atomic E-state index is 12.6. The first-order valence-corrected chi connectivity index (χ1v) is 8.84. The van der Waals surface area contributed by atoms with Crippen LogP contribution < -0.4 is 0 Å². The van der Waals surface area contributed by atoms with Crippen LogP contribution in [0, 0.1) is 0 Å². The van der Waals surface area contributed by atoms with Crippen molar-refractivity contribution >= 4 is 5.91 Å². The molecule has 27 heavy (non-hydrogen) atoms. The summed E-state index contributed by atoms with van der Waals surface area (Å²) in [6, 6.07) is 16.2. The van der Waals surface area contributed by atoms with E-state index in [1.165, 1.54) is 12.1 Å². The molecule has 1 aromatic heterocycles. The zero-order valence-corrected chi connectivity index (χ0v) is 14.8. The van der Waals surface area contributed by atoms with E-state index in [4.69, 9.17) is 0 Å². The Kier molecular flexibility index (Phi) is 4.80. The number of phenolic OH excluding ortho intramolecular Hbond substituents is 1. The summed E-state index contributed by atoms with van der Waals surface area (Å²) >= 11 is 0. The van der Waals surface area contributed by atoms with Gasteiger partial charge in [-0.05, 0) is 46.8 Å². The minimum atomic E-state index is -0.0104. The molecule has 0 aliphatic carbocycles. The number of amides is 1. The normalized spacial score (nSPS) is 15.0. The number of para-hydroxylation sites is 1. The third-order valence-electron chi connectivity index (χ3n) is 4.67. The van der Waals surface area contributed by atoms with E-state index in [-0.39, 0.29) is 11.7 Å². The SMILES string of the molecule is O=C(c1ccc(O)cc1)N1CCN(Cc2nnnn2-c2ccccc2)CC1. The van der Waals surface area contributed by atoms with Crippen molar-refractivity contribution in [2.75, 3.05) is 26.2 Å². The molecule has 4 rings (SSSR count). The molecule has 1 amide bonds. The summed E-state index contributed by atoms with van der Waals surface area (Å²) in [6.45, 7) is 3.43. The van der Waals surface area contributed by atoms with Crippen LogP contribution in [0.5, 0.6) is 5.75 Å². The molecule has 1 fully saturated rings. The fraction of sp³-hybridized carbons (Fsp3) is 0.263. The maximum atomic E-state index is 12.6. The second-order valence-corrected chi connectivity index (χ2v) is 6.46. The van der Waals surface area contributed by atoms with Gasteiger partial charge in [0, 0.05) is 31.7 Å². The number of hydrogen-bond donors (Lipinski definition) is 1. The number of aromatic hydroxyl groups is 1. The highest BCUT2D eigenvalue weighted by molar-refractivity contribution is 5.94. The van der Waals surface area contributed by atoms with Crippen molar-refractivity contribution in [2.24, 2.45) is 0 Å². The Morgan fingerprint density at radius 3 is 2.37 bits per heavy atom. The van der Waals surface area contributed by atoms with Crippen molar-refractivity contribution in [3.8, 4) is 11.4 Å². The topological polar surface area (TPSA) is 87.4 Å². The van der Waals surface area contributed by atoms with Crippen molar-refractivity contribution in [2.45, 2.75) is 6.54 Å². The summed E-state index contributed by atoms with van der Waals surface area (Å²) in [5.74, 6) is 0.927. The van der Waals surface area contributed by atoms with Gasteiger partial charge >= 0.3 is 0 Å². The lowest BCUT2D eigenvalue weighted by molar-refractivity contribution is 0.0624. The van der Waals surface area contributed by atoms with E-state index >= 15 is 0 Å². The van der Waals surface area contributed by atoms with Gasteiger partial charge in [-0.1, -0.05) is 18.2 Å². The second-order valence-electron chi connectivity index (χ2n) is 6.46. The Bertz CT molecular complexity index is 901. The van der Waals surface area contributed by atoms with Crippen LogP contribution in [-0.4, -0.2) is 67.2 Å². The van der Waals surface area contributed by atoms with E-state index in [0.717, 1.165) is 24.6 Å². The molecule has 0 radical (unpaired) electrons. The van der Waals surface area contributed by atoms with E-state index in [2.05, 4.69) is 20.4 Å². The summed E-state index contributed by atoms with van der Waals surface area (Å²) in [5.41, 5.74) is 1.52. The third-order valence-corrected chi connectivity index (χ3v) is 4.67. The number of carbonyl (C=O) groups is 1. The van der Waals surface area contributed by atoms with Crippen molar-refractivity contribution in [3.63, 3.8) is 0 Å². The average Bonchev–Trinajstić information content (AvgIpc) is 3.17. The number of carbonyl (C=O) groups excluding carboxylic acids is 1. The van der Waals surface area contributed by atoms with Gasteiger partial charge in [0.15, 0.2) is 5.82 Å². The van der Waals surface area contributed by atoms with E-state index in [1.807, 2.05) is 35.2 Å². The zero-order valence-electron chi connectivity index (χ0n) is 14.8. The van der Waals surface area contributed by atoms with Crippen molar-refractivity contribution in [1.82, 2.24) is 30.0 Å². The smallest absolute Gasteiger partial charge is 0.253 e. The molecular weight excluding hydrogens is 344 g/mol. The summed E-state index contributed by atoms with van der Waals surface area (Å²) in [7, 11) is 0. The van der Waals surface area contributed by atoms with Gasteiger partial charge in [0.1, 0.15) is 5.75 Å². The Morgan fingerprint density at radius 2 is 1.67 bits per heavy atom. The highest BCUT2D eigenvalue weighted by Gasteiger charge is 2.23. The zero-order chi connectivity index (χ0) is 18.6. The predicted octanol–water partition coefficient (Wildman–Crippen LogP) is 1.33. The molecular formula is C19H20N6O2. The molecule has 1 aliphatic rings. The van der Waals surface area contributed by atoms with Gasteiger partial charge in [0.2, 0.25) is 0 Å². The molecule has 1 saturated heterocycles. The minimum absolute atomic E-state index is 0.0104. The molecule has 0 saturated carbocycles. The van der Waals surface area contributed by atoms with Gasteiger partial charge in [-0.15, -0.1) is 5.10 Å². The quantitative estimate of drug-likeness (QED) is 0.751. The lowest BCUT2D eigenvalue weighted by atomic mass is 10.1. The van der Waals surface area contributed by atoms with Crippen LogP contribution >= 0.6 is 0 Å². The fourth-order valence-electron chi connectivity index (χ4n) is 3.17. The molecule has 0 spiro atoms. The van der Waals surface area contributed by atoms with Gasteiger partial charge in [0.05, 0.1) is 12.2 Å². The van der Waals surface area contributed by atoms with Crippen molar-refractivity contribution < 1.29 is 9.90 Å². The largest absolute Gasteiger partial charge is 0.508 e. The van der Waals surface area contributed by atoms with E-state index in [0.29, 0.717) is 25.2 Å². The van der Waals surface area contributed by atoms with E-state index < -0.39 is 0 Å². The number of tetrazole rings is 1. The van der Waals surface area contributed by atoms with Crippen LogP contribution in [0.3, 0.4) is 0 Å². The van der Waals surface area contributed by atoms with Crippen LogP contribution in [0.4, 0.5) is 0 Å². The number of phenols is 1. The third kappa shape index (κ3) is 3.80. The van der Waals surface area contributed by atoms with Gasteiger partial charge in [-0.3, -0.25) is 9.69 Å². The number of rotatable bonds is 4. The number of aromatic nitrogens is 4. The van der Waals surface area contributed by atoms with Crippen molar-refractivity contribution in [3.05, 3.63) is 66.0 Å². The standard InChI is InChI=1S/C19H20N6O2/c26-17-8-6-15(7-9-17)19(27)24-12-10-23(11-13-24)14-18-20-21-22-25(18)16-4-2-1-3-5-16/h1-9,26H,10-14H2. The number of benzene rings is 2. The molecule has 0 atom stereocenters. The summed E-state index contributed by atoms with van der Waals surface area (Å²) in [6.07, 6.45) is 0. The molecule has 2 aromatic carbocycles. The second kappa shape index (κ2) is 7.55. The molecule has 1 aliphatic heterocycles. The number of piperazine rings is 1. The van der Waals surface area contributed by atoms with E-state index in [1.54, 1.807) is 16.8 Å². The molecule has 2 heterocycles. The fourth-order valence-corrected chi connectivity index (χ4v) is 3.17. The Morgan fingerprint density at radius 1 is 0.963 bits per heavy atom. The Hall–Kier alpha value is -3.26. The monoisotopic (exact) mass is 364 g/mol. The maximum Gasteiger partial charge on any atom is 0.253 e. The molecule has 0 bridgehead atoms. The van der Waals surface area contributed by atoms with Crippen LogP contribution in [0.15, 0.2) is 54.6 Å². The molecule has 138 valence electrons. The predicted molar refractivity (Wildman–Crippen MR) is 98.4 cm³/mol. The Balaban J connectivity index is 1.37. The highest BCUT2D eigenvalue weighted by atomic mass is 16.3. The van der Waals surface area contributed by atoms with Crippen molar-refractivity contribution in [1.29, 1.82) is 0 Å². The highest BCUT2D eigenvalue weighted by Crippen LogP contribution is 2.15. The Labute approximate surface area is 156 Å². The van der Waals surface area contributed by atoms with Gasteiger partial charge in [-0.2, -0.15) is 4.68 Å². The molecule has 8 heteroatoms. The first kappa shape index (κ1) is 17.2. The van der Waals surface area contributed by atoms with E-state index in [9.17, 15) is 9.90 Å². The molecule has 8 nitrogen and oxygen atoms in total. The number of hydrogen-bond acceptors (Lipinski definition) is 6. The van der Waals surface area contributed by atoms with Crippen LogP contribution in [-0.2, 0) is 6.54 Å². The summed E-state index contributed by atoms with van der Waals surface area (Å²) < 4.78 is 1.74. The van der Waals surface area contributed by atoms with Gasteiger partial charge in [0.25, 0.3) is 5.91 Å². The molecule has 1 N–H and O–H groups in total. The lowest BCUT2D eigenvalue weighted by Gasteiger charge is -2.34. The van der Waals surface area contributed by atoms with Crippen LogP contribution in [0.25, 0.3) is 5.69 Å². The minimum Gasteiger partial charge on any atom is -0.508 e. The first-order valence-electron chi connectivity index (χ1n) is 8.84. The summed E-state index contributed by atoms with van der Waals surface area (Å²) in [4.78, 5) is 16.6. The molecule has 3 aromatic rings. The van der Waals surface area contributed by atoms with Gasteiger partial charge in [-0.25, -0.2) is 0 Å². The summed E-state index contributed by atoms with van der Waals surface area (Å²) in [5, 5.41) is 21.4. The molecule has 0 unspecified atom stereocenters. The van der Waals surface area contributed by atoms with Gasteiger partial charge < -0.3 is 10.0 Å². The lowest BCUT2D eigenvalue weighted by Crippen LogP contribution is -2.48.